The second kappa shape index (κ2) is 5.01. The lowest BCUT2D eigenvalue weighted by atomic mass is 10.6. The van der Waals surface area contributed by atoms with Gasteiger partial charge in [0.25, 0.3) is 0 Å². The van der Waals surface area contributed by atoms with Crippen LogP contribution in [0.15, 0.2) is 11.1 Å². The fraction of sp³-hybridized carbons (Fsp3) is 0.429. The number of nitrogen functional groups attached to an aromatic ring is 1. The molecule has 1 aromatic heterocycles. The molecule has 0 atom stereocenters. The summed E-state index contributed by atoms with van der Waals surface area (Å²) in [7, 11) is -2.16. The molecule has 17 heavy (non-hydrogen) atoms. The Labute approximate surface area is 98.2 Å². The number of hydrogen-bond acceptors (Lipinski definition) is 5. The largest absolute Gasteiger partial charge is 0.381 e. The lowest BCUT2D eigenvalue weighted by Crippen LogP contribution is -2.37. The van der Waals surface area contributed by atoms with Crippen molar-refractivity contribution in [3.8, 4) is 0 Å². The fourth-order valence-corrected chi connectivity index (χ4v) is 2.27. The van der Waals surface area contributed by atoms with Crippen molar-refractivity contribution < 1.29 is 13.2 Å². The lowest BCUT2D eigenvalue weighted by Gasteiger charge is -2.05. The second-order valence-corrected chi connectivity index (χ2v) is 4.98. The zero-order valence-electron chi connectivity index (χ0n) is 9.17. The highest BCUT2D eigenvalue weighted by Crippen LogP contribution is 2.14. The summed E-state index contributed by atoms with van der Waals surface area (Å²) in [5, 5.41) is 5.97. The summed E-state index contributed by atoms with van der Waals surface area (Å²) in [6, 6.07) is -0.718. The molecule has 0 bridgehead atoms. The van der Waals surface area contributed by atoms with E-state index < -0.39 is 16.1 Å². The van der Waals surface area contributed by atoms with Gasteiger partial charge in [0.2, 0.25) is 10.0 Å². The van der Waals surface area contributed by atoms with Crippen LogP contribution in [0, 0.1) is 0 Å². The van der Waals surface area contributed by atoms with Crippen molar-refractivity contribution in [1.82, 2.24) is 19.8 Å². The molecule has 96 valence electrons. The van der Waals surface area contributed by atoms with Crippen LogP contribution < -0.4 is 21.5 Å². The third-order valence-electron chi connectivity index (χ3n) is 1.83. The summed E-state index contributed by atoms with van der Waals surface area (Å²) in [4.78, 5) is 10.3. The van der Waals surface area contributed by atoms with Crippen LogP contribution in [-0.2, 0) is 17.1 Å². The molecule has 0 aliphatic carbocycles. The van der Waals surface area contributed by atoms with Gasteiger partial charge in [-0.2, -0.15) is 5.10 Å². The molecule has 1 aromatic rings. The average Bonchev–Trinajstić information content (AvgIpc) is 2.53. The first-order valence-electron chi connectivity index (χ1n) is 4.65. The molecule has 0 saturated heterocycles. The highest BCUT2D eigenvalue weighted by molar-refractivity contribution is 7.89. The standard InChI is InChI=1S/C7H14N6O3S/c1-13-4-5(6(8)12-13)17(15,16)11-3-2-10-7(9)14/h4,11H,2-3H2,1H3,(H2,8,12)(H3,9,10,14). The number of primary amides is 1. The van der Waals surface area contributed by atoms with E-state index in [9.17, 15) is 13.2 Å². The summed E-state index contributed by atoms with van der Waals surface area (Å²) in [6.07, 6.45) is 1.29. The number of nitrogens with two attached hydrogens (primary N) is 2. The first kappa shape index (κ1) is 13.3. The number of amides is 2. The van der Waals surface area contributed by atoms with Gasteiger partial charge in [0.15, 0.2) is 5.82 Å². The number of aromatic nitrogens is 2. The van der Waals surface area contributed by atoms with Crippen molar-refractivity contribution in [2.45, 2.75) is 4.90 Å². The summed E-state index contributed by atoms with van der Waals surface area (Å²) in [6.45, 7) is 0.105. The van der Waals surface area contributed by atoms with E-state index >= 15 is 0 Å². The van der Waals surface area contributed by atoms with Gasteiger partial charge >= 0.3 is 6.03 Å². The molecule has 0 spiro atoms. The van der Waals surface area contributed by atoms with E-state index in [1.54, 1.807) is 7.05 Å². The smallest absolute Gasteiger partial charge is 0.312 e. The summed E-state index contributed by atoms with van der Waals surface area (Å²) in [5.74, 6) is -0.0807. The number of anilines is 1. The van der Waals surface area contributed by atoms with E-state index in [1.165, 1.54) is 10.9 Å². The van der Waals surface area contributed by atoms with Gasteiger partial charge in [0.1, 0.15) is 4.90 Å². The SMILES string of the molecule is Cn1cc(S(=O)(=O)NCCNC(N)=O)c(N)n1. The molecule has 9 nitrogen and oxygen atoms in total. The van der Waals surface area contributed by atoms with Gasteiger partial charge in [-0.3, -0.25) is 4.68 Å². The minimum absolute atomic E-state index is 0.0135. The predicted octanol–water partition coefficient (Wildman–Crippen LogP) is -2.05. The number of carbonyl (C=O) groups excluding carboxylic acids is 1. The molecule has 0 aromatic carbocycles. The zero-order valence-corrected chi connectivity index (χ0v) is 9.99. The molecule has 6 N–H and O–H groups in total. The first-order valence-corrected chi connectivity index (χ1v) is 6.13. The number of rotatable bonds is 5. The average molecular weight is 262 g/mol. The van der Waals surface area contributed by atoms with Crippen LogP contribution in [0.3, 0.4) is 0 Å². The zero-order chi connectivity index (χ0) is 13.1. The first-order chi connectivity index (χ1) is 7.83. The Hall–Kier alpha value is -1.81. The predicted molar refractivity (Wildman–Crippen MR) is 60.4 cm³/mol. The van der Waals surface area contributed by atoms with Crippen molar-refractivity contribution >= 4 is 21.9 Å². The van der Waals surface area contributed by atoms with Crippen LogP contribution in [0.5, 0.6) is 0 Å². The third kappa shape index (κ3) is 3.60. The number of urea groups is 1. The van der Waals surface area contributed by atoms with E-state index in [2.05, 4.69) is 15.1 Å². The summed E-state index contributed by atoms with van der Waals surface area (Å²) in [5.41, 5.74) is 10.3. The van der Waals surface area contributed by atoms with Gasteiger partial charge in [-0.05, 0) is 0 Å². The number of sulfonamides is 1. The number of nitrogens with zero attached hydrogens (tertiary/aromatic N) is 2. The van der Waals surface area contributed by atoms with E-state index in [0.29, 0.717) is 0 Å². The van der Waals surface area contributed by atoms with Crippen molar-refractivity contribution in [3.63, 3.8) is 0 Å². The minimum Gasteiger partial charge on any atom is -0.381 e. The van der Waals surface area contributed by atoms with Crippen LogP contribution in [0.4, 0.5) is 10.6 Å². The molecule has 0 saturated carbocycles. The van der Waals surface area contributed by atoms with Crippen molar-refractivity contribution in [2.24, 2.45) is 12.8 Å². The number of hydrogen-bond donors (Lipinski definition) is 4. The molecule has 0 radical (unpaired) electrons. The van der Waals surface area contributed by atoms with E-state index in [1.807, 2.05) is 0 Å². The number of nitrogens with one attached hydrogen (secondary N) is 2. The van der Waals surface area contributed by atoms with E-state index in [0.717, 1.165) is 0 Å². The Morgan fingerprint density at radius 1 is 1.53 bits per heavy atom. The van der Waals surface area contributed by atoms with Crippen LogP contribution in [-0.4, -0.2) is 37.3 Å². The lowest BCUT2D eigenvalue weighted by molar-refractivity contribution is 0.249. The Morgan fingerprint density at radius 3 is 2.65 bits per heavy atom. The quantitative estimate of drug-likeness (QED) is 0.451. The van der Waals surface area contributed by atoms with Crippen LogP contribution in [0.2, 0.25) is 0 Å². The Kier molecular flexibility index (Phi) is 3.91. The normalized spacial score (nSPS) is 11.4. The van der Waals surface area contributed by atoms with Crippen LogP contribution in [0.1, 0.15) is 0 Å². The molecule has 10 heteroatoms. The molecule has 0 aliphatic heterocycles. The third-order valence-corrected chi connectivity index (χ3v) is 3.31. The minimum atomic E-state index is -3.72. The maximum absolute atomic E-state index is 11.7. The Balaban J connectivity index is 2.63. The molecule has 0 unspecified atom stereocenters. The van der Waals surface area contributed by atoms with Gasteiger partial charge < -0.3 is 16.8 Å². The van der Waals surface area contributed by atoms with E-state index in [4.69, 9.17) is 11.5 Å². The maximum Gasteiger partial charge on any atom is 0.312 e. The molecule has 0 aliphatic rings. The van der Waals surface area contributed by atoms with Crippen LogP contribution >= 0.6 is 0 Å². The number of carbonyl (C=O) groups is 1. The Bertz CT molecular complexity index is 508. The molecule has 0 fully saturated rings. The van der Waals surface area contributed by atoms with Gasteiger partial charge in [-0.25, -0.2) is 17.9 Å². The highest BCUT2D eigenvalue weighted by atomic mass is 32.2. The van der Waals surface area contributed by atoms with Gasteiger partial charge in [0.05, 0.1) is 0 Å². The topological polar surface area (TPSA) is 145 Å². The monoisotopic (exact) mass is 262 g/mol. The van der Waals surface area contributed by atoms with Crippen molar-refractivity contribution in [3.05, 3.63) is 6.20 Å². The number of aryl methyl sites for hydroxylation is 1. The highest BCUT2D eigenvalue weighted by Gasteiger charge is 2.19. The molecular weight excluding hydrogens is 248 g/mol. The van der Waals surface area contributed by atoms with Crippen molar-refractivity contribution in [2.75, 3.05) is 18.8 Å². The van der Waals surface area contributed by atoms with Gasteiger partial charge in [-0.15, -0.1) is 0 Å². The van der Waals surface area contributed by atoms with Crippen molar-refractivity contribution in [1.29, 1.82) is 0 Å². The second-order valence-electron chi connectivity index (χ2n) is 3.24. The molecular formula is C7H14N6O3S. The van der Waals surface area contributed by atoms with Gasteiger partial charge in [-0.1, -0.05) is 0 Å². The molecule has 1 rings (SSSR count). The Morgan fingerprint density at radius 2 is 2.18 bits per heavy atom. The van der Waals surface area contributed by atoms with Crippen LogP contribution in [0.25, 0.3) is 0 Å². The summed E-state index contributed by atoms with van der Waals surface area (Å²) >= 11 is 0. The van der Waals surface area contributed by atoms with E-state index in [-0.39, 0.29) is 23.8 Å². The summed E-state index contributed by atoms with van der Waals surface area (Å²) < 4.78 is 27.0. The van der Waals surface area contributed by atoms with Gasteiger partial charge in [0, 0.05) is 26.3 Å². The fourth-order valence-electron chi connectivity index (χ4n) is 1.14. The molecule has 1 heterocycles. The molecule has 2 amide bonds. The maximum atomic E-state index is 11.7.